The van der Waals surface area contributed by atoms with Crippen molar-refractivity contribution in [1.29, 1.82) is 0 Å². The normalized spacial score (nSPS) is 21.9. The number of carbonyl (C=O) groups excluding carboxylic acids is 1. The molecule has 1 heterocycles. The second-order valence-corrected chi connectivity index (χ2v) is 8.05. The van der Waals surface area contributed by atoms with Crippen molar-refractivity contribution in [2.45, 2.75) is 31.2 Å². The topological polar surface area (TPSA) is 106 Å². The molecule has 0 saturated carbocycles. The Hall–Kier alpha value is -1.15. The lowest BCUT2D eigenvalue weighted by atomic mass is 9.81. The maximum Gasteiger partial charge on any atom is 0.248 e. The van der Waals surface area contributed by atoms with E-state index >= 15 is 0 Å². The van der Waals surface area contributed by atoms with Gasteiger partial charge in [0.1, 0.15) is 0 Å². The Morgan fingerprint density at radius 3 is 2.55 bits per heavy atom. The van der Waals surface area contributed by atoms with Crippen molar-refractivity contribution >= 4 is 28.3 Å². The molecule has 1 aliphatic rings. The lowest BCUT2D eigenvalue weighted by molar-refractivity contribution is 0.1000. The van der Waals surface area contributed by atoms with E-state index in [0.29, 0.717) is 19.5 Å². The second kappa shape index (κ2) is 6.54. The summed E-state index contributed by atoms with van der Waals surface area (Å²) in [6.07, 6.45) is 0.613. The van der Waals surface area contributed by atoms with E-state index < -0.39 is 15.9 Å². The molecular formula is C14H22ClN3O3S. The largest absolute Gasteiger partial charge is 0.366 e. The monoisotopic (exact) mass is 347 g/mol. The zero-order chi connectivity index (χ0) is 15.8. The highest BCUT2D eigenvalue weighted by molar-refractivity contribution is 7.89. The van der Waals surface area contributed by atoms with Gasteiger partial charge in [0.25, 0.3) is 0 Å². The number of nitrogens with two attached hydrogens (primary N) is 2. The summed E-state index contributed by atoms with van der Waals surface area (Å²) in [6, 6.07) is 5.79. The average molecular weight is 348 g/mol. The van der Waals surface area contributed by atoms with Gasteiger partial charge in [-0.2, -0.15) is 4.31 Å². The summed E-state index contributed by atoms with van der Waals surface area (Å²) in [5.74, 6) is -0.645. The first-order chi connectivity index (χ1) is 9.64. The minimum Gasteiger partial charge on any atom is -0.366 e. The van der Waals surface area contributed by atoms with Crippen LogP contribution in [0.1, 0.15) is 30.6 Å². The number of sulfonamides is 1. The smallest absolute Gasteiger partial charge is 0.248 e. The third-order valence-electron chi connectivity index (χ3n) is 4.03. The summed E-state index contributed by atoms with van der Waals surface area (Å²) < 4.78 is 26.8. The van der Waals surface area contributed by atoms with Gasteiger partial charge in [-0.05, 0) is 30.0 Å². The second-order valence-electron chi connectivity index (χ2n) is 6.11. The Morgan fingerprint density at radius 1 is 1.36 bits per heavy atom. The van der Waals surface area contributed by atoms with Crippen LogP contribution >= 0.6 is 12.4 Å². The molecule has 1 aromatic rings. The fourth-order valence-electron chi connectivity index (χ4n) is 2.49. The van der Waals surface area contributed by atoms with E-state index in [2.05, 4.69) is 0 Å². The summed E-state index contributed by atoms with van der Waals surface area (Å²) >= 11 is 0. The number of hydrogen-bond acceptors (Lipinski definition) is 4. The van der Waals surface area contributed by atoms with E-state index in [0.717, 1.165) is 0 Å². The minimum absolute atomic E-state index is 0. The van der Waals surface area contributed by atoms with Gasteiger partial charge in [0.05, 0.1) is 4.90 Å². The molecule has 2 rings (SSSR count). The molecule has 1 atom stereocenters. The van der Waals surface area contributed by atoms with E-state index in [1.807, 2.05) is 13.8 Å². The standard InChI is InChI=1S/C14H21N3O3S.ClH/c1-14(2)9-17(7-6-12(14)15)21(19,20)11-5-3-4-10(8-11)13(16)18;/h3-5,8,12H,6-7,9,15H2,1-2H3,(H2,16,18);1H. The summed E-state index contributed by atoms with van der Waals surface area (Å²) in [4.78, 5) is 11.3. The molecule has 0 radical (unpaired) electrons. The quantitative estimate of drug-likeness (QED) is 0.849. The lowest BCUT2D eigenvalue weighted by Gasteiger charge is -2.41. The maximum absolute atomic E-state index is 12.7. The molecule has 1 aromatic carbocycles. The average Bonchev–Trinajstić information content (AvgIpc) is 2.41. The SMILES string of the molecule is CC1(C)CN(S(=O)(=O)c2cccc(C(N)=O)c2)CCC1N.Cl. The van der Waals surface area contributed by atoms with Crippen molar-refractivity contribution < 1.29 is 13.2 Å². The van der Waals surface area contributed by atoms with Crippen molar-refractivity contribution in [1.82, 2.24) is 4.31 Å². The van der Waals surface area contributed by atoms with Crippen LogP contribution in [0.5, 0.6) is 0 Å². The zero-order valence-corrected chi connectivity index (χ0v) is 14.3. The highest BCUT2D eigenvalue weighted by atomic mass is 35.5. The van der Waals surface area contributed by atoms with Gasteiger partial charge in [0.2, 0.25) is 15.9 Å². The number of amides is 1. The first-order valence-electron chi connectivity index (χ1n) is 6.80. The molecule has 1 amide bonds. The molecule has 1 aliphatic heterocycles. The molecule has 0 aromatic heterocycles. The molecule has 1 saturated heterocycles. The molecule has 22 heavy (non-hydrogen) atoms. The Bertz CT molecular complexity index is 661. The van der Waals surface area contributed by atoms with Crippen LogP contribution in [-0.4, -0.2) is 37.8 Å². The highest BCUT2D eigenvalue weighted by Gasteiger charge is 2.38. The number of nitrogens with zero attached hydrogens (tertiary/aromatic N) is 1. The summed E-state index contributed by atoms with van der Waals surface area (Å²) in [5, 5.41) is 0. The summed E-state index contributed by atoms with van der Waals surface area (Å²) in [7, 11) is -3.64. The fourth-order valence-corrected chi connectivity index (χ4v) is 4.16. The third-order valence-corrected chi connectivity index (χ3v) is 5.87. The predicted octanol–water partition coefficient (Wildman–Crippen LogP) is 0.955. The molecule has 8 heteroatoms. The number of carbonyl (C=O) groups is 1. The van der Waals surface area contributed by atoms with E-state index in [1.165, 1.54) is 28.6 Å². The number of piperidine rings is 1. The molecule has 0 bridgehead atoms. The number of primary amides is 1. The van der Waals surface area contributed by atoms with Crippen molar-refractivity contribution in [3.8, 4) is 0 Å². The third kappa shape index (κ3) is 3.60. The van der Waals surface area contributed by atoms with E-state index in [9.17, 15) is 13.2 Å². The predicted molar refractivity (Wildman–Crippen MR) is 87.3 cm³/mol. The minimum atomic E-state index is -3.64. The van der Waals surface area contributed by atoms with Crippen LogP contribution in [0, 0.1) is 5.41 Å². The van der Waals surface area contributed by atoms with Crippen LogP contribution in [0.2, 0.25) is 0 Å². The van der Waals surface area contributed by atoms with Crippen molar-refractivity contribution in [3.05, 3.63) is 29.8 Å². The number of hydrogen-bond donors (Lipinski definition) is 2. The molecular weight excluding hydrogens is 326 g/mol. The highest BCUT2D eigenvalue weighted by Crippen LogP contribution is 2.31. The van der Waals surface area contributed by atoms with Crippen LogP contribution in [0.15, 0.2) is 29.2 Å². The molecule has 1 fully saturated rings. The van der Waals surface area contributed by atoms with Crippen LogP contribution in [-0.2, 0) is 10.0 Å². The van der Waals surface area contributed by atoms with Gasteiger partial charge >= 0.3 is 0 Å². The summed E-state index contributed by atoms with van der Waals surface area (Å²) in [5.41, 5.74) is 11.1. The molecule has 6 nitrogen and oxygen atoms in total. The number of benzene rings is 1. The maximum atomic E-state index is 12.7. The van der Waals surface area contributed by atoms with E-state index in [1.54, 1.807) is 0 Å². The zero-order valence-electron chi connectivity index (χ0n) is 12.7. The molecule has 0 spiro atoms. The molecule has 124 valence electrons. The number of halogens is 1. The van der Waals surface area contributed by atoms with Gasteiger partial charge < -0.3 is 11.5 Å². The van der Waals surface area contributed by atoms with E-state index in [-0.39, 0.29) is 34.3 Å². The van der Waals surface area contributed by atoms with Crippen molar-refractivity contribution in [2.75, 3.05) is 13.1 Å². The molecule has 1 unspecified atom stereocenters. The van der Waals surface area contributed by atoms with Crippen molar-refractivity contribution in [3.63, 3.8) is 0 Å². The Balaban J connectivity index is 0.00000242. The van der Waals surface area contributed by atoms with Gasteiger partial charge in [-0.3, -0.25) is 4.79 Å². The van der Waals surface area contributed by atoms with Crippen molar-refractivity contribution in [2.24, 2.45) is 16.9 Å². The van der Waals surface area contributed by atoms with Crippen LogP contribution in [0.4, 0.5) is 0 Å². The van der Waals surface area contributed by atoms with E-state index in [4.69, 9.17) is 11.5 Å². The molecule has 0 aliphatic carbocycles. The Morgan fingerprint density at radius 2 is 2.00 bits per heavy atom. The Labute approximate surface area is 137 Å². The first-order valence-corrected chi connectivity index (χ1v) is 8.24. The van der Waals surface area contributed by atoms with Gasteiger partial charge in [0.15, 0.2) is 0 Å². The van der Waals surface area contributed by atoms with Gasteiger partial charge in [-0.15, -0.1) is 12.4 Å². The summed E-state index contributed by atoms with van der Waals surface area (Å²) in [6.45, 7) is 4.66. The van der Waals surface area contributed by atoms with Crippen LogP contribution in [0.25, 0.3) is 0 Å². The Kier molecular flexibility index (Phi) is 5.61. The molecule has 4 N–H and O–H groups in total. The van der Waals surface area contributed by atoms with Gasteiger partial charge in [-0.1, -0.05) is 19.9 Å². The number of rotatable bonds is 3. The van der Waals surface area contributed by atoms with Gasteiger partial charge in [0, 0.05) is 24.7 Å². The van der Waals surface area contributed by atoms with Crippen LogP contribution < -0.4 is 11.5 Å². The van der Waals surface area contributed by atoms with Gasteiger partial charge in [-0.25, -0.2) is 8.42 Å². The fraction of sp³-hybridized carbons (Fsp3) is 0.500. The van der Waals surface area contributed by atoms with Crippen LogP contribution in [0.3, 0.4) is 0 Å². The lowest BCUT2D eigenvalue weighted by Crippen LogP contribution is -2.53. The first kappa shape index (κ1) is 18.9.